The summed E-state index contributed by atoms with van der Waals surface area (Å²) in [5, 5.41) is 9.96. The molecule has 0 spiro atoms. The molecule has 31 heavy (non-hydrogen) atoms. The van der Waals surface area contributed by atoms with E-state index in [4.69, 9.17) is 16.0 Å². The fourth-order valence-corrected chi connectivity index (χ4v) is 4.55. The molecule has 1 heterocycles. The first-order valence-corrected chi connectivity index (χ1v) is 12.1. The maximum atomic E-state index is 12.4. The molecule has 2 aliphatic rings. The van der Waals surface area contributed by atoms with Crippen molar-refractivity contribution < 1.29 is 9.53 Å². The first-order valence-electron chi connectivity index (χ1n) is 12.1. The van der Waals surface area contributed by atoms with Crippen LogP contribution in [-0.2, 0) is 11.2 Å². The molecule has 1 aliphatic heterocycles. The zero-order chi connectivity index (χ0) is 22.2. The first-order chi connectivity index (χ1) is 15.0. The second-order valence-electron chi connectivity index (χ2n) is 9.47. The number of nitrogens with two attached hydrogens (primary N) is 1. The minimum atomic E-state index is 0.228. The average Bonchev–Trinajstić information content (AvgIpc) is 2.78. The molecule has 172 valence electrons. The van der Waals surface area contributed by atoms with Gasteiger partial charge in [-0.3, -0.25) is 15.2 Å². The Labute approximate surface area is 187 Å². The van der Waals surface area contributed by atoms with E-state index in [1.807, 2.05) is 17.0 Å². The van der Waals surface area contributed by atoms with Gasteiger partial charge in [0.2, 0.25) is 5.91 Å². The number of hydrogen-bond acceptors (Lipinski definition) is 4. The van der Waals surface area contributed by atoms with Gasteiger partial charge < -0.3 is 9.64 Å². The highest BCUT2D eigenvalue weighted by Crippen LogP contribution is 2.31. The highest BCUT2D eigenvalue weighted by Gasteiger charge is 2.24. The monoisotopic (exact) mass is 428 g/mol. The van der Waals surface area contributed by atoms with Crippen LogP contribution in [0.3, 0.4) is 0 Å². The van der Waals surface area contributed by atoms with Crippen LogP contribution in [0.4, 0.5) is 5.69 Å². The Hall–Kier alpha value is -2.08. The molecule has 0 unspecified atom stereocenters. The van der Waals surface area contributed by atoms with Crippen LogP contribution in [0.15, 0.2) is 18.2 Å². The second kappa shape index (κ2) is 11.5. The smallest absolute Gasteiger partial charge is 0.227 e. The van der Waals surface area contributed by atoms with E-state index in [2.05, 4.69) is 19.9 Å². The number of anilines is 1. The summed E-state index contributed by atoms with van der Waals surface area (Å²) >= 11 is 0. The number of fused-ring (bicyclic) bond motifs is 1. The summed E-state index contributed by atoms with van der Waals surface area (Å²) in [6.07, 6.45) is 10.9. The van der Waals surface area contributed by atoms with E-state index in [9.17, 15) is 4.79 Å². The third-order valence-electron chi connectivity index (χ3n) is 6.54. The molecule has 0 atom stereocenters. The fourth-order valence-electron chi connectivity index (χ4n) is 4.55. The van der Waals surface area contributed by atoms with Crippen molar-refractivity contribution in [3.63, 3.8) is 0 Å². The number of nitrogens with zero attached hydrogens (tertiary/aromatic N) is 2. The summed E-state index contributed by atoms with van der Waals surface area (Å²) in [5.74, 6) is 8.40. The van der Waals surface area contributed by atoms with Crippen LogP contribution in [0.2, 0.25) is 0 Å². The Morgan fingerprint density at radius 3 is 2.74 bits per heavy atom. The lowest BCUT2D eigenvalue weighted by Gasteiger charge is -2.32. The zero-order valence-electron chi connectivity index (χ0n) is 19.4. The molecule has 6 nitrogen and oxygen atoms in total. The van der Waals surface area contributed by atoms with Crippen molar-refractivity contribution in [2.45, 2.75) is 90.5 Å². The summed E-state index contributed by atoms with van der Waals surface area (Å²) < 4.78 is 5.97. The quantitative estimate of drug-likeness (QED) is 0.180. The number of ether oxygens (including phenoxy) is 1. The first kappa shape index (κ1) is 23.6. The third-order valence-corrected chi connectivity index (χ3v) is 6.54. The lowest BCUT2D eigenvalue weighted by atomic mass is 9.95. The van der Waals surface area contributed by atoms with Crippen molar-refractivity contribution in [2.75, 3.05) is 18.1 Å². The van der Waals surface area contributed by atoms with Crippen molar-refractivity contribution in [1.29, 1.82) is 5.41 Å². The van der Waals surface area contributed by atoms with Crippen molar-refractivity contribution in [3.05, 3.63) is 23.8 Å². The molecule has 0 radical (unpaired) electrons. The summed E-state index contributed by atoms with van der Waals surface area (Å²) in [6, 6.07) is 6.46. The van der Waals surface area contributed by atoms with Gasteiger partial charge in [0, 0.05) is 31.1 Å². The predicted molar refractivity (Wildman–Crippen MR) is 127 cm³/mol. The Morgan fingerprint density at radius 2 is 2.00 bits per heavy atom. The number of carbonyl (C=O) groups excluding carboxylic acids is 1. The lowest BCUT2D eigenvalue weighted by Crippen LogP contribution is -2.46. The van der Waals surface area contributed by atoms with Crippen LogP contribution in [0, 0.1) is 11.3 Å². The van der Waals surface area contributed by atoms with Gasteiger partial charge in [-0.15, -0.1) is 0 Å². The van der Waals surface area contributed by atoms with Gasteiger partial charge >= 0.3 is 0 Å². The standard InChI is InChI=1S/C25H40N4O2/c1-19(2)15-16-28-23-13-12-22(18-20(23)11-14-25(28)30)31-17-7-6-10-24(26)29(27)21-8-4-3-5-9-21/h12-13,18-19,21,26H,3-11,14-17,27H2,1-2H3. The number of hydrazine groups is 1. The Kier molecular flexibility index (Phi) is 8.76. The minimum Gasteiger partial charge on any atom is -0.494 e. The number of aryl methyl sites for hydroxylation is 1. The number of carbonyl (C=O) groups is 1. The number of unbranched alkanes of at least 4 members (excludes halogenated alkanes) is 1. The Morgan fingerprint density at radius 1 is 1.23 bits per heavy atom. The van der Waals surface area contributed by atoms with Gasteiger partial charge in [-0.2, -0.15) is 0 Å². The normalized spacial score (nSPS) is 17.0. The van der Waals surface area contributed by atoms with Crippen LogP contribution >= 0.6 is 0 Å². The maximum absolute atomic E-state index is 12.4. The van der Waals surface area contributed by atoms with Crippen LogP contribution in [-0.4, -0.2) is 35.9 Å². The molecule has 0 bridgehead atoms. The zero-order valence-corrected chi connectivity index (χ0v) is 19.4. The summed E-state index contributed by atoms with van der Waals surface area (Å²) in [7, 11) is 0. The van der Waals surface area contributed by atoms with Gasteiger partial charge in [-0.25, -0.2) is 5.84 Å². The number of amides is 1. The molecule has 3 rings (SSSR count). The number of benzene rings is 1. The third kappa shape index (κ3) is 6.70. The van der Waals surface area contributed by atoms with E-state index in [0.717, 1.165) is 56.5 Å². The van der Waals surface area contributed by atoms with Gasteiger partial charge in [0.1, 0.15) is 11.6 Å². The molecule has 0 aromatic heterocycles. The van der Waals surface area contributed by atoms with E-state index in [1.165, 1.54) is 24.8 Å². The topological polar surface area (TPSA) is 82.7 Å². The van der Waals surface area contributed by atoms with Crippen molar-refractivity contribution in [2.24, 2.45) is 11.8 Å². The van der Waals surface area contributed by atoms with E-state index < -0.39 is 0 Å². The SMILES string of the molecule is CC(C)CCN1C(=O)CCc2cc(OCCCCC(=N)N(N)C3CCCCC3)ccc21. The molecule has 0 saturated heterocycles. The number of rotatable bonds is 10. The highest BCUT2D eigenvalue weighted by molar-refractivity contribution is 5.96. The van der Waals surface area contributed by atoms with Gasteiger partial charge in [-0.1, -0.05) is 33.1 Å². The van der Waals surface area contributed by atoms with Crippen molar-refractivity contribution in [1.82, 2.24) is 5.01 Å². The summed E-state index contributed by atoms with van der Waals surface area (Å²) in [5.41, 5.74) is 2.25. The average molecular weight is 429 g/mol. The number of nitrogens with one attached hydrogen (secondary N) is 1. The molecule has 3 N–H and O–H groups in total. The van der Waals surface area contributed by atoms with Crippen molar-refractivity contribution >= 4 is 17.4 Å². The van der Waals surface area contributed by atoms with Gasteiger partial charge in [0.05, 0.1) is 6.61 Å². The maximum Gasteiger partial charge on any atom is 0.227 e. The van der Waals surface area contributed by atoms with Crippen LogP contribution in [0.1, 0.15) is 83.6 Å². The van der Waals surface area contributed by atoms with E-state index in [1.54, 1.807) is 5.01 Å². The van der Waals surface area contributed by atoms with Gasteiger partial charge in [0.25, 0.3) is 0 Å². The number of hydrogen-bond donors (Lipinski definition) is 2. The molecular weight excluding hydrogens is 388 g/mol. The molecule has 1 aliphatic carbocycles. The molecule has 1 amide bonds. The molecule has 6 heteroatoms. The largest absolute Gasteiger partial charge is 0.494 e. The van der Waals surface area contributed by atoms with Gasteiger partial charge in [-0.05, 0) is 68.2 Å². The predicted octanol–water partition coefficient (Wildman–Crippen LogP) is 5.05. The molecule has 1 saturated carbocycles. The van der Waals surface area contributed by atoms with Crippen LogP contribution in [0.5, 0.6) is 5.75 Å². The summed E-state index contributed by atoms with van der Waals surface area (Å²) in [6.45, 7) is 5.80. The Balaban J connectivity index is 1.42. The highest BCUT2D eigenvalue weighted by atomic mass is 16.5. The van der Waals surface area contributed by atoms with Crippen LogP contribution in [0.25, 0.3) is 0 Å². The van der Waals surface area contributed by atoms with E-state index in [0.29, 0.717) is 37.2 Å². The van der Waals surface area contributed by atoms with E-state index >= 15 is 0 Å². The number of amidine groups is 1. The second-order valence-corrected chi connectivity index (χ2v) is 9.47. The molecule has 1 aromatic rings. The van der Waals surface area contributed by atoms with Crippen LogP contribution < -0.4 is 15.5 Å². The molecule has 1 fully saturated rings. The minimum absolute atomic E-state index is 0.228. The van der Waals surface area contributed by atoms with E-state index in [-0.39, 0.29) is 5.91 Å². The summed E-state index contributed by atoms with van der Waals surface area (Å²) in [4.78, 5) is 14.3. The lowest BCUT2D eigenvalue weighted by molar-refractivity contribution is -0.118. The van der Waals surface area contributed by atoms with Crippen molar-refractivity contribution in [3.8, 4) is 5.75 Å². The Bertz CT molecular complexity index is 743. The molecular formula is C25H40N4O2. The molecule has 1 aromatic carbocycles. The fraction of sp³-hybridized carbons (Fsp3) is 0.680. The van der Waals surface area contributed by atoms with Gasteiger partial charge in [0.15, 0.2) is 0 Å².